The lowest BCUT2D eigenvalue weighted by molar-refractivity contribution is -0.156. The van der Waals surface area contributed by atoms with Crippen LogP contribution in [0.5, 0.6) is 17.2 Å². The van der Waals surface area contributed by atoms with Crippen molar-refractivity contribution in [3.05, 3.63) is 52.4 Å². The molecule has 1 unspecified atom stereocenters. The summed E-state index contributed by atoms with van der Waals surface area (Å²) in [6.07, 6.45) is 1.02. The number of esters is 1. The van der Waals surface area contributed by atoms with Crippen LogP contribution in [0, 0.1) is 6.92 Å². The maximum Gasteiger partial charge on any atom is 0.347 e. The minimum Gasteiger partial charge on any atom is -0.497 e. The average Bonchev–Trinajstić information content (AvgIpc) is 2.69. The Labute approximate surface area is 171 Å². The van der Waals surface area contributed by atoms with Crippen molar-refractivity contribution in [3.63, 3.8) is 0 Å². The molecule has 0 bridgehead atoms. The predicted molar refractivity (Wildman–Crippen MR) is 110 cm³/mol. The van der Waals surface area contributed by atoms with Crippen molar-refractivity contribution >= 4 is 5.97 Å². The second-order valence-corrected chi connectivity index (χ2v) is 6.81. The van der Waals surface area contributed by atoms with Crippen molar-refractivity contribution in [2.75, 3.05) is 13.7 Å². The fourth-order valence-electron chi connectivity index (χ4n) is 2.72. The van der Waals surface area contributed by atoms with E-state index in [1.807, 2.05) is 35.8 Å². The zero-order valence-electron chi connectivity index (χ0n) is 17.6. The molecule has 0 aliphatic rings. The summed E-state index contributed by atoms with van der Waals surface area (Å²) in [6.45, 7) is 8.06. The molecule has 2 rings (SSSR count). The summed E-state index contributed by atoms with van der Waals surface area (Å²) in [4.78, 5) is 24.5. The minimum atomic E-state index is -0.824. The number of nitrogens with zero attached hydrogens (tertiary/aromatic N) is 1. The summed E-state index contributed by atoms with van der Waals surface area (Å²) in [7, 11) is 1.61. The highest BCUT2D eigenvalue weighted by Crippen LogP contribution is 2.18. The van der Waals surface area contributed by atoms with E-state index in [0.29, 0.717) is 25.3 Å². The van der Waals surface area contributed by atoms with E-state index in [1.54, 1.807) is 34.1 Å². The number of carbonyl (C=O) groups excluding carboxylic acids is 1. The first-order valence-electron chi connectivity index (χ1n) is 9.69. The standard InChI is InChI=1S/C22H29NO6/c1-6-20(22(25)28-15(2)3)29-21-16(4)23(12-11-19(21)24)13-14-27-18-9-7-17(26-5)8-10-18/h7-12,15,20H,6,13-14H2,1-5H3. The first-order chi connectivity index (χ1) is 13.8. The highest BCUT2D eigenvalue weighted by atomic mass is 16.6. The van der Waals surface area contributed by atoms with Crippen LogP contribution in [-0.4, -0.2) is 36.5 Å². The number of carbonyl (C=O) groups is 1. The summed E-state index contributed by atoms with van der Waals surface area (Å²) in [5, 5.41) is 0. The van der Waals surface area contributed by atoms with Gasteiger partial charge in [-0.3, -0.25) is 4.79 Å². The average molecular weight is 403 g/mol. The lowest BCUT2D eigenvalue weighted by atomic mass is 10.2. The number of benzene rings is 1. The van der Waals surface area contributed by atoms with Crippen LogP contribution >= 0.6 is 0 Å². The summed E-state index contributed by atoms with van der Waals surface area (Å²) in [5.74, 6) is 1.17. The largest absolute Gasteiger partial charge is 0.497 e. The number of pyridine rings is 1. The molecule has 7 heteroatoms. The molecule has 7 nitrogen and oxygen atoms in total. The lowest BCUT2D eigenvalue weighted by Gasteiger charge is -2.20. The molecular weight excluding hydrogens is 374 g/mol. The third-order valence-corrected chi connectivity index (χ3v) is 4.30. The Kier molecular flexibility index (Phi) is 8.12. The van der Waals surface area contributed by atoms with Crippen molar-refractivity contribution in [2.24, 2.45) is 0 Å². The number of rotatable bonds is 10. The second kappa shape index (κ2) is 10.5. The van der Waals surface area contributed by atoms with E-state index in [0.717, 1.165) is 11.5 Å². The zero-order valence-corrected chi connectivity index (χ0v) is 17.6. The van der Waals surface area contributed by atoms with Crippen LogP contribution in [0.1, 0.15) is 32.9 Å². The number of methoxy groups -OCH3 is 1. The first kappa shape index (κ1) is 22.3. The van der Waals surface area contributed by atoms with Crippen molar-refractivity contribution in [1.29, 1.82) is 0 Å². The fourth-order valence-corrected chi connectivity index (χ4v) is 2.72. The van der Waals surface area contributed by atoms with Gasteiger partial charge in [0.15, 0.2) is 11.9 Å². The van der Waals surface area contributed by atoms with Crippen LogP contribution in [0.3, 0.4) is 0 Å². The topological polar surface area (TPSA) is 76.0 Å². The van der Waals surface area contributed by atoms with E-state index in [-0.39, 0.29) is 17.3 Å². The molecule has 0 amide bonds. The van der Waals surface area contributed by atoms with Gasteiger partial charge in [0.05, 0.1) is 25.5 Å². The van der Waals surface area contributed by atoms with Gasteiger partial charge in [-0.25, -0.2) is 4.79 Å². The van der Waals surface area contributed by atoms with Gasteiger partial charge >= 0.3 is 5.97 Å². The van der Waals surface area contributed by atoms with Crippen LogP contribution in [-0.2, 0) is 16.1 Å². The summed E-state index contributed by atoms with van der Waals surface area (Å²) >= 11 is 0. The number of aromatic nitrogens is 1. The van der Waals surface area contributed by atoms with E-state index in [9.17, 15) is 9.59 Å². The summed E-state index contributed by atoms with van der Waals surface area (Å²) in [6, 6.07) is 8.74. The molecule has 0 aliphatic carbocycles. The molecule has 0 spiro atoms. The highest BCUT2D eigenvalue weighted by molar-refractivity contribution is 5.75. The summed E-state index contributed by atoms with van der Waals surface area (Å²) < 4.78 is 23.7. The monoisotopic (exact) mass is 403 g/mol. The fraction of sp³-hybridized carbons (Fsp3) is 0.455. The third kappa shape index (κ3) is 6.27. The van der Waals surface area contributed by atoms with Gasteiger partial charge in [0, 0.05) is 12.3 Å². The number of hydrogen-bond donors (Lipinski definition) is 0. The first-order valence-corrected chi connectivity index (χ1v) is 9.69. The van der Waals surface area contributed by atoms with Gasteiger partial charge in [-0.05, 0) is 51.5 Å². The van der Waals surface area contributed by atoms with Crippen molar-refractivity contribution in [2.45, 2.75) is 52.9 Å². The smallest absolute Gasteiger partial charge is 0.347 e. The van der Waals surface area contributed by atoms with E-state index in [4.69, 9.17) is 18.9 Å². The number of hydrogen-bond acceptors (Lipinski definition) is 6. The summed E-state index contributed by atoms with van der Waals surface area (Å²) in [5.41, 5.74) is 0.359. The molecule has 158 valence electrons. The predicted octanol–water partition coefficient (Wildman–Crippen LogP) is 3.35. The molecule has 29 heavy (non-hydrogen) atoms. The lowest BCUT2D eigenvalue weighted by Crippen LogP contribution is -2.33. The van der Waals surface area contributed by atoms with Crippen LogP contribution in [0.15, 0.2) is 41.3 Å². The maximum atomic E-state index is 12.3. The normalized spacial score (nSPS) is 11.8. The Balaban J connectivity index is 2.06. The van der Waals surface area contributed by atoms with Gasteiger partial charge in [0.2, 0.25) is 5.43 Å². The molecule has 1 aromatic heterocycles. The van der Waals surface area contributed by atoms with Crippen LogP contribution in [0.2, 0.25) is 0 Å². The molecule has 0 radical (unpaired) electrons. The van der Waals surface area contributed by atoms with Gasteiger partial charge < -0.3 is 23.5 Å². The molecule has 0 saturated heterocycles. The van der Waals surface area contributed by atoms with Gasteiger partial charge in [-0.15, -0.1) is 0 Å². The Hall–Kier alpha value is -2.96. The Morgan fingerprint density at radius 1 is 1.10 bits per heavy atom. The van der Waals surface area contributed by atoms with Crippen molar-refractivity contribution < 1.29 is 23.7 Å². The van der Waals surface area contributed by atoms with Gasteiger partial charge in [-0.1, -0.05) is 6.92 Å². The molecule has 0 aliphatic heterocycles. The molecule has 0 saturated carbocycles. The minimum absolute atomic E-state index is 0.157. The van der Waals surface area contributed by atoms with Crippen LogP contribution < -0.4 is 19.6 Å². The van der Waals surface area contributed by atoms with Gasteiger partial charge in [0.1, 0.15) is 18.1 Å². The van der Waals surface area contributed by atoms with Gasteiger partial charge in [0.25, 0.3) is 0 Å². The maximum absolute atomic E-state index is 12.3. The Bertz CT molecular complexity index is 857. The van der Waals surface area contributed by atoms with E-state index < -0.39 is 12.1 Å². The van der Waals surface area contributed by atoms with Gasteiger partial charge in [-0.2, -0.15) is 0 Å². The molecule has 2 aromatic rings. The molecule has 0 N–H and O–H groups in total. The third-order valence-electron chi connectivity index (χ3n) is 4.30. The molecule has 1 atom stereocenters. The quantitative estimate of drug-likeness (QED) is 0.566. The van der Waals surface area contributed by atoms with Crippen LogP contribution in [0.25, 0.3) is 0 Å². The molecule has 1 heterocycles. The van der Waals surface area contributed by atoms with Crippen molar-refractivity contribution in [3.8, 4) is 17.2 Å². The second-order valence-electron chi connectivity index (χ2n) is 6.81. The van der Waals surface area contributed by atoms with E-state index in [2.05, 4.69) is 0 Å². The number of ether oxygens (including phenoxy) is 4. The zero-order chi connectivity index (χ0) is 21.4. The Morgan fingerprint density at radius 2 is 1.76 bits per heavy atom. The molecular formula is C22H29NO6. The highest BCUT2D eigenvalue weighted by Gasteiger charge is 2.23. The Morgan fingerprint density at radius 3 is 2.34 bits per heavy atom. The van der Waals surface area contributed by atoms with Crippen molar-refractivity contribution in [1.82, 2.24) is 4.57 Å². The molecule has 1 aromatic carbocycles. The SMILES string of the molecule is CCC(Oc1c(C)n(CCOc2ccc(OC)cc2)ccc1=O)C(=O)OC(C)C. The van der Waals surface area contributed by atoms with E-state index in [1.165, 1.54) is 6.07 Å². The van der Waals surface area contributed by atoms with Crippen LogP contribution in [0.4, 0.5) is 0 Å². The van der Waals surface area contributed by atoms with E-state index >= 15 is 0 Å². The molecule has 0 fully saturated rings.